The van der Waals surface area contributed by atoms with Crippen molar-refractivity contribution in [3.8, 4) is 0 Å². The minimum atomic E-state index is -1.58. The van der Waals surface area contributed by atoms with Crippen molar-refractivity contribution in [1.82, 2.24) is 0 Å². The van der Waals surface area contributed by atoms with Crippen LogP contribution in [-0.4, -0.2) is 110 Å². The molecule has 5 aliphatic carbocycles. The molecule has 0 aromatic heterocycles. The van der Waals surface area contributed by atoms with Crippen LogP contribution in [0.3, 0.4) is 0 Å². The Bertz CT molecular complexity index is 1360. The zero-order valence-corrected chi connectivity index (χ0v) is 32.7. The van der Waals surface area contributed by atoms with Gasteiger partial charge in [0.25, 0.3) is 0 Å². The largest absolute Gasteiger partial charge is 0.463 e. The van der Waals surface area contributed by atoms with Gasteiger partial charge in [0, 0.05) is 24.7 Å². The molecule has 1 heterocycles. The van der Waals surface area contributed by atoms with Crippen molar-refractivity contribution in [2.75, 3.05) is 6.61 Å². The maximum absolute atomic E-state index is 12.3. The standard InChI is InChI=1S/C40H66O12/c1-20(16-24(43)33(47)36(6,7)48)23-10-15-40-19-39(23,40)14-11-26-37(8)13-12-28(50-22(3)42)35(4,5)27(37)17-29(38(26,40)9)52-34-32(46)31(45)30(44)25(51-34)18-49-21(2)41/h20,23-34,43-48H,10-19H2,1-9H3/t20-,23-,24?,25-,26-,27+,28-,29-,30-,31+,32-,33?,34+,37-,38+,39+,40-/m1/s1. The van der Waals surface area contributed by atoms with Gasteiger partial charge in [0.15, 0.2) is 6.29 Å². The Morgan fingerprint density at radius 1 is 0.885 bits per heavy atom. The number of fused-ring (bicyclic) bond motifs is 3. The third-order valence-electron chi connectivity index (χ3n) is 16.2. The highest BCUT2D eigenvalue weighted by Crippen LogP contribution is 2.91. The Labute approximate surface area is 308 Å². The zero-order chi connectivity index (χ0) is 38.6. The lowest BCUT2D eigenvalue weighted by atomic mass is 9.37. The zero-order valence-electron chi connectivity index (χ0n) is 32.7. The summed E-state index contributed by atoms with van der Waals surface area (Å²) in [6.07, 6.45) is -2.40. The summed E-state index contributed by atoms with van der Waals surface area (Å²) >= 11 is 0. The van der Waals surface area contributed by atoms with Crippen molar-refractivity contribution in [1.29, 1.82) is 0 Å². The summed E-state index contributed by atoms with van der Waals surface area (Å²) in [4.78, 5) is 23.9. The molecule has 17 atom stereocenters. The third-order valence-corrected chi connectivity index (χ3v) is 16.2. The van der Waals surface area contributed by atoms with Gasteiger partial charge in [-0.3, -0.25) is 9.59 Å². The molecule has 52 heavy (non-hydrogen) atoms. The molecule has 12 heteroatoms. The van der Waals surface area contributed by atoms with E-state index in [1.165, 1.54) is 27.7 Å². The number of esters is 2. The Balaban J connectivity index is 1.36. The molecule has 0 spiro atoms. The van der Waals surface area contributed by atoms with E-state index in [4.69, 9.17) is 18.9 Å². The van der Waals surface area contributed by atoms with E-state index >= 15 is 0 Å². The van der Waals surface area contributed by atoms with Crippen LogP contribution in [0.15, 0.2) is 0 Å². The molecule has 6 N–H and O–H groups in total. The Hall–Kier alpha value is -1.38. The highest BCUT2D eigenvalue weighted by Gasteiger charge is 2.85. The maximum atomic E-state index is 12.3. The molecule has 2 unspecified atom stereocenters. The topological polar surface area (TPSA) is 192 Å². The minimum Gasteiger partial charge on any atom is -0.463 e. The molecule has 0 aromatic carbocycles. The molecule has 1 saturated heterocycles. The van der Waals surface area contributed by atoms with E-state index in [1.807, 2.05) is 0 Å². The highest BCUT2D eigenvalue weighted by molar-refractivity contribution is 5.66. The molecule has 5 saturated carbocycles. The van der Waals surface area contributed by atoms with Crippen molar-refractivity contribution in [2.24, 2.45) is 50.7 Å². The number of ether oxygens (including phenoxy) is 4. The predicted octanol–water partition coefficient (Wildman–Crippen LogP) is 3.24. The number of hydrogen-bond acceptors (Lipinski definition) is 12. The molecule has 0 radical (unpaired) electrons. The van der Waals surface area contributed by atoms with Crippen LogP contribution in [0.1, 0.15) is 120 Å². The molecular weight excluding hydrogens is 672 g/mol. The lowest BCUT2D eigenvalue weighted by Crippen LogP contribution is -2.68. The quantitative estimate of drug-likeness (QED) is 0.142. The van der Waals surface area contributed by atoms with Crippen molar-refractivity contribution < 1.29 is 59.2 Å². The van der Waals surface area contributed by atoms with E-state index in [0.29, 0.717) is 18.8 Å². The lowest BCUT2D eigenvalue weighted by Gasteiger charge is -2.69. The molecule has 6 fully saturated rings. The smallest absolute Gasteiger partial charge is 0.302 e. The van der Waals surface area contributed by atoms with Crippen molar-refractivity contribution >= 4 is 11.9 Å². The normalized spacial score (nSPS) is 48.2. The van der Waals surface area contributed by atoms with E-state index in [9.17, 15) is 40.2 Å². The fourth-order valence-corrected chi connectivity index (χ4v) is 13.7. The van der Waals surface area contributed by atoms with E-state index in [-0.39, 0.29) is 63.5 Å². The van der Waals surface area contributed by atoms with Gasteiger partial charge in [-0.25, -0.2) is 0 Å². The minimum absolute atomic E-state index is 0.00590. The van der Waals surface area contributed by atoms with E-state index in [2.05, 4.69) is 34.6 Å². The average Bonchev–Trinajstić information content (AvgIpc) is 3.61. The van der Waals surface area contributed by atoms with Crippen LogP contribution in [0.4, 0.5) is 0 Å². The lowest BCUT2D eigenvalue weighted by molar-refractivity contribution is -0.344. The fraction of sp³-hybridized carbons (Fsp3) is 0.950. The number of carbonyl (C=O) groups excluding carboxylic acids is 2. The summed E-state index contributed by atoms with van der Waals surface area (Å²) in [7, 11) is 0. The second-order valence-corrected chi connectivity index (χ2v) is 19.5. The monoisotopic (exact) mass is 738 g/mol. The Morgan fingerprint density at radius 3 is 2.17 bits per heavy atom. The number of rotatable bonds is 10. The first-order chi connectivity index (χ1) is 24.0. The summed E-state index contributed by atoms with van der Waals surface area (Å²) in [5.74, 6) is -0.142. The van der Waals surface area contributed by atoms with Gasteiger partial charge in [0.2, 0.25) is 0 Å². The SMILES string of the molecule is CC(=O)OC[C@H]1O[C@@H](O[C@@H]2C[C@H]3C(C)(C)[C@H](OC(C)=O)CC[C@]3(C)[C@H]3CC[C@@]45C[C@]4(CC[C@@H]5[C@H](C)CC(O)C(O)C(C)(C)O)[C@@]32C)[C@H](O)[C@@H](O)[C@@H]1O. The van der Waals surface area contributed by atoms with Crippen molar-refractivity contribution in [3.05, 3.63) is 0 Å². The Kier molecular flexibility index (Phi) is 10.4. The summed E-state index contributed by atoms with van der Waals surface area (Å²) in [5.41, 5.74) is -2.38. The number of aliphatic hydroxyl groups excluding tert-OH is 5. The van der Waals surface area contributed by atoms with Gasteiger partial charge >= 0.3 is 11.9 Å². The Morgan fingerprint density at radius 2 is 1.56 bits per heavy atom. The van der Waals surface area contributed by atoms with Gasteiger partial charge in [0.05, 0.1) is 17.8 Å². The fourth-order valence-electron chi connectivity index (χ4n) is 13.7. The molecule has 0 aromatic rings. The predicted molar refractivity (Wildman–Crippen MR) is 188 cm³/mol. The van der Waals surface area contributed by atoms with Crippen LogP contribution in [0.5, 0.6) is 0 Å². The van der Waals surface area contributed by atoms with Crippen molar-refractivity contribution in [3.63, 3.8) is 0 Å². The van der Waals surface area contributed by atoms with Gasteiger partial charge in [-0.15, -0.1) is 0 Å². The molecule has 298 valence electrons. The van der Waals surface area contributed by atoms with Gasteiger partial charge in [-0.05, 0) is 112 Å². The van der Waals surface area contributed by atoms with Gasteiger partial charge in [-0.2, -0.15) is 0 Å². The van der Waals surface area contributed by atoms with Gasteiger partial charge in [0.1, 0.15) is 43.2 Å². The van der Waals surface area contributed by atoms with Crippen LogP contribution < -0.4 is 0 Å². The van der Waals surface area contributed by atoms with Crippen molar-refractivity contribution in [2.45, 2.75) is 181 Å². The molecule has 6 aliphatic rings. The average molecular weight is 739 g/mol. The van der Waals surface area contributed by atoms with E-state index < -0.39 is 60.6 Å². The molecule has 0 bridgehead atoms. The summed E-state index contributed by atoms with van der Waals surface area (Å²) in [6, 6.07) is 0. The molecule has 6 rings (SSSR count). The van der Waals surface area contributed by atoms with Gasteiger partial charge in [-0.1, -0.05) is 34.6 Å². The van der Waals surface area contributed by atoms with Crippen LogP contribution in [0.25, 0.3) is 0 Å². The van der Waals surface area contributed by atoms with E-state index in [0.717, 1.165) is 44.9 Å². The summed E-state index contributed by atoms with van der Waals surface area (Å²) < 4.78 is 24.3. The first-order valence-corrected chi connectivity index (χ1v) is 19.7. The maximum Gasteiger partial charge on any atom is 0.302 e. The summed E-state index contributed by atoms with van der Waals surface area (Å²) in [5, 5.41) is 65.2. The summed E-state index contributed by atoms with van der Waals surface area (Å²) in [6.45, 7) is 16.7. The van der Waals surface area contributed by atoms with Crippen LogP contribution in [0, 0.1) is 50.7 Å². The second kappa shape index (κ2) is 13.4. The first-order valence-electron chi connectivity index (χ1n) is 19.7. The van der Waals surface area contributed by atoms with E-state index in [1.54, 1.807) is 0 Å². The second-order valence-electron chi connectivity index (χ2n) is 19.5. The number of carbonyl (C=O) groups is 2. The molecular formula is C40H66O12. The number of hydrogen-bond donors (Lipinski definition) is 6. The van der Waals surface area contributed by atoms with Crippen LogP contribution >= 0.6 is 0 Å². The number of aliphatic hydroxyl groups is 6. The molecule has 1 aliphatic heterocycles. The highest BCUT2D eigenvalue weighted by atomic mass is 16.7. The molecule has 12 nitrogen and oxygen atoms in total. The third kappa shape index (κ3) is 5.99. The van der Waals surface area contributed by atoms with Crippen LogP contribution in [0.2, 0.25) is 0 Å². The molecule has 0 amide bonds. The first kappa shape index (κ1) is 40.3. The van der Waals surface area contributed by atoms with Gasteiger partial charge < -0.3 is 49.6 Å². The van der Waals surface area contributed by atoms with Crippen LogP contribution in [-0.2, 0) is 28.5 Å².